The van der Waals surface area contributed by atoms with Crippen molar-refractivity contribution < 1.29 is 19.1 Å². The Kier molecular flexibility index (Phi) is 11.4. The summed E-state index contributed by atoms with van der Waals surface area (Å²) in [7, 11) is 0. The molecule has 0 saturated carbocycles. The Morgan fingerprint density at radius 3 is 1.44 bits per heavy atom. The fourth-order valence-electron chi connectivity index (χ4n) is 4.06. The van der Waals surface area contributed by atoms with Crippen LogP contribution in [0, 0.1) is 0 Å². The first-order chi connectivity index (χ1) is 19.1. The van der Waals surface area contributed by atoms with Crippen molar-refractivity contribution in [3.05, 3.63) is 117 Å². The molecule has 4 rings (SSSR count). The van der Waals surface area contributed by atoms with Crippen LogP contribution in [-0.4, -0.2) is 37.4 Å². The number of hydrogen-bond acceptors (Lipinski definition) is 7. The molecule has 2 atom stereocenters. The smallest absolute Gasteiger partial charge is 0.407 e. The quantitative estimate of drug-likeness (QED) is 0.181. The molecular formula is C30H33N3O4S2. The molecule has 0 aliphatic rings. The van der Waals surface area contributed by atoms with E-state index in [0.717, 1.165) is 20.9 Å². The van der Waals surface area contributed by atoms with Crippen LogP contribution in [0.1, 0.15) is 20.9 Å². The highest BCUT2D eigenvalue weighted by atomic mass is 32.1. The third-order valence-corrected chi connectivity index (χ3v) is 7.63. The Labute approximate surface area is 237 Å². The van der Waals surface area contributed by atoms with Crippen LogP contribution in [0.4, 0.5) is 9.59 Å². The van der Waals surface area contributed by atoms with Crippen LogP contribution in [0.15, 0.2) is 95.7 Å². The van der Waals surface area contributed by atoms with Gasteiger partial charge in [0.2, 0.25) is 0 Å². The van der Waals surface area contributed by atoms with E-state index in [1.807, 2.05) is 95.7 Å². The average molecular weight is 564 g/mol. The molecule has 0 aliphatic carbocycles. The van der Waals surface area contributed by atoms with Gasteiger partial charge in [-0.2, -0.15) is 0 Å². The predicted molar refractivity (Wildman–Crippen MR) is 156 cm³/mol. The molecule has 3 N–H and O–H groups in total. The summed E-state index contributed by atoms with van der Waals surface area (Å²) >= 11 is 3.10. The van der Waals surface area contributed by atoms with Gasteiger partial charge in [-0.25, -0.2) is 9.59 Å². The number of thiophene rings is 2. The highest BCUT2D eigenvalue weighted by molar-refractivity contribution is 7.10. The molecule has 0 bridgehead atoms. The Morgan fingerprint density at radius 2 is 1.05 bits per heavy atom. The average Bonchev–Trinajstić information content (AvgIpc) is 3.67. The molecule has 0 aliphatic heterocycles. The molecule has 2 aromatic heterocycles. The normalized spacial score (nSPS) is 12.3. The third-order valence-electron chi connectivity index (χ3n) is 5.93. The summed E-state index contributed by atoms with van der Waals surface area (Å²) in [5, 5.41) is 13.3. The summed E-state index contributed by atoms with van der Waals surface area (Å²) in [6.45, 7) is 1.48. The number of amides is 2. The first-order valence-corrected chi connectivity index (χ1v) is 14.6. The van der Waals surface area contributed by atoms with Crippen LogP contribution in [0.25, 0.3) is 0 Å². The van der Waals surface area contributed by atoms with E-state index in [4.69, 9.17) is 9.47 Å². The van der Waals surface area contributed by atoms with E-state index in [1.54, 1.807) is 22.7 Å². The van der Waals surface area contributed by atoms with Crippen LogP contribution in [0.2, 0.25) is 0 Å². The van der Waals surface area contributed by atoms with Crippen molar-refractivity contribution in [2.24, 2.45) is 0 Å². The maximum Gasteiger partial charge on any atom is 0.407 e. The Bertz CT molecular complexity index is 1140. The largest absolute Gasteiger partial charge is 0.444 e. The zero-order chi connectivity index (χ0) is 27.1. The minimum Gasteiger partial charge on any atom is -0.444 e. The zero-order valence-corrected chi connectivity index (χ0v) is 23.2. The predicted octanol–water partition coefficient (Wildman–Crippen LogP) is 5.77. The van der Waals surface area contributed by atoms with Gasteiger partial charge in [0.1, 0.15) is 13.2 Å². The van der Waals surface area contributed by atoms with E-state index >= 15 is 0 Å². The number of carbonyl (C=O) groups is 2. The number of ether oxygens (including phenoxy) is 2. The second kappa shape index (κ2) is 15.7. The maximum absolute atomic E-state index is 12.6. The van der Waals surface area contributed by atoms with E-state index in [2.05, 4.69) is 16.0 Å². The molecule has 0 spiro atoms. The van der Waals surface area contributed by atoms with Gasteiger partial charge in [0.25, 0.3) is 0 Å². The lowest BCUT2D eigenvalue weighted by Crippen LogP contribution is -2.48. The molecule has 4 aromatic rings. The monoisotopic (exact) mass is 563 g/mol. The van der Waals surface area contributed by atoms with Gasteiger partial charge < -0.3 is 25.4 Å². The van der Waals surface area contributed by atoms with Crippen molar-refractivity contribution >= 4 is 34.9 Å². The van der Waals surface area contributed by atoms with Gasteiger partial charge >= 0.3 is 12.2 Å². The van der Waals surface area contributed by atoms with Crippen LogP contribution in [0.5, 0.6) is 0 Å². The van der Waals surface area contributed by atoms with Gasteiger partial charge in [-0.1, -0.05) is 72.8 Å². The number of rotatable bonds is 14. The van der Waals surface area contributed by atoms with Gasteiger partial charge in [-0.05, 0) is 46.9 Å². The summed E-state index contributed by atoms with van der Waals surface area (Å²) in [5.74, 6) is 0. The fourth-order valence-corrected chi connectivity index (χ4v) is 5.29. The zero-order valence-electron chi connectivity index (χ0n) is 21.6. The number of benzene rings is 2. The molecule has 204 valence electrons. The van der Waals surface area contributed by atoms with Crippen LogP contribution < -0.4 is 16.0 Å². The van der Waals surface area contributed by atoms with E-state index in [1.165, 1.54) is 0 Å². The van der Waals surface area contributed by atoms with E-state index in [-0.39, 0.29) is 25.3 Å². The van der Waals surface area contributed by atoms with Crippen molar-refractivity contribution in [1.29, 1.82) is 0 Å². The van der Waals surface area contributed by atoms with E-state index < -0.39 is 12.2 Å². The van der Waals surface area contributed by atoms with Crippen LogP contribution in [0.3, 0.4) is 0 Å². The summed E-state index contributed by atoms with van der Waals surface area (Å²) in [6.07, 6.45) is 0.368. The molecule has 0 radical (unpaired) electrons. The Hall–Kier alpha value is -3.66. The molecule has 2 amide bonds. The minimum atomic E-state index is -0.456. The molecular weight excluding hydrogens is 530 g/mol. The molecule has 0 saturated heterocycles. The second-order valence-electron chi connectivity index (χ2n) is 9.03. The number of carbonyl (C=O) groups excluding carboxylic acids is 2. The molecule has 7 nitrogen and oxygen atoms in total. The molecule has 0 fully saturated rings. The van der Waals surface area contributed by atoms with Crippen LogP contribution in [-0.2, 0) is 35.5 Å². The number of hydrogen-bond donors (Lipinski definition) is 3. The molecule has 2 aromatic carbocycles. The second-order valence-corrected chi connectivity index (χ2v) is 11.1. The standard InChI is InChI=1S/C30H33N3O4S2/c34-29(36-21-27-13-7-15-38-27)32-25(17-23-9-3-1-4-10-23)19-31-20-26(18-24-11-5-2-6-12-24)33-30(35)37-22-28-14-8-16-39-28/h1-16,25-26,31H,17-22H2,(H,32,34)(H,33,35)/t25-,26-/m0/s1. The lowest BCUT2D eigenvalue weighted by atomic mass is 10.0. The Morgan fingerprint density at radius 1 is 0.615 bits per heavy atom. The topological polar surface area (TPSA) is 88.7 Å². The van der Waals surface area contributed by atoms with Crippen molar-refractivity contribution in [2.45, 2.75) is 38.1 Å². The summed E-state index contributed by atoms with van der Waals surface area (Å²) in [4.78, 5) is 27.1. The first kappa shape index (κ1) is 28.4. The minimum absolute atomic E-state index is 0.202. The molecule has 0 unspecified atom stereocenters. The number of nitrogens with one attached hydrogen (secondary N) is 3. The SMILES string of the molecule is O=C(N[C@H](CNC[C@H](Cc1ccccc1)NC(=O)OCc1cccs1)Cc1ccccc1)OCc1cccs1. The molecule has 2 heterocycles. The van der Waals surface area contributed by atoms with E-state index in [9.17, 15) is 9.59 Å². The lowest BCUT2D eigenvalue weighted by Gasteiger charge is -2.23. The van der Waals surface area contributed by atoms with Gasteiger partial charge in [0.05, 0.1) is 0 Å². The Balaban J connectivity index is 1.32. The summed E-state index contributed by atoms with van der Waals surface area (Å²) in [6, 6.07) is 27.3. The maximum atomic E-state index is 12.6. The molecule has 39 heavy (non-hydrogen) atoms. The van der Waals surface area contributed by atoms with Crippen molar-refractivity contribution in [2.75, 3.05) is 13.1 Å². The molecule has 9 heteroatoms. The highest BCUT2D eigenvalue weighted by Crippen LogP contribution is 2.11. The lowest BCUT2D eigenvalue weighted by molar-refractivity contribution is 0.136. The van der Waals surface area contributed by atoms with Crippen molar-refractivity contribution in [1.82, 2.24) is 16.0 Å². The van der Waals surface area contributed by atoms with Crippen molar-refractivity contribution in [3.63, 3.8) is 0 Å². The highest BCUT2D eigenvalue weighted by Gasteiger charge is 2.18. The number of alkyl carbamates (subject to hydrolysis) is 2. The van der Waals surface area contributed by atoms with Gasteiger partial charge in [-0.3, -0.25) is 0 Å². The third kappa shape index (κ3) is 10.6. The first-order valence-electron chi connectivity index (χ1n) is 12.8. The van der Waals surface area contributed by atoms with Crippen molar-refractivity contribution in [3.8, 4) is 0 Å². The summed E-state index contributed by atoms with van der Waals surface area (Å²) in [5.41, 5.74) is 2.22. The van der Waals surface area contributed by atoms with Gasteiger partial charge in [0.15, 0.2) is 0 Å². The van der Waals surface area contributed by atoms with Gasteiger partial charge in [0, 0.05) is 34.9 Å². The van der Waals surface area contributed by atoms with E-state index in [0.29, 0.717) is 25.9 Å². The van der Waals surface area contributed by atoms with Crippen LogP contribution >= 0.6 is 22.7 Å². The summed E-state index contributed by atoms with van der Waals surface area (Å²) < 4.78 is 10.9. The fraction of sp³-hybridized carbons (Fsp3) is 0.267. The van der Waals surface area contributed by atoms with Gasteiger partial charge in [-0.15, -0.1) is 22.7 Å².